The van der Waals surface area contributed by atoms with Gasteiger partial charge in [0.2, 0.25) is 0 Å². The van der Waals surface area contributed by atoms with Crippen molar-refractivity contribution in [2.45, 2.75) is 44.4 Å². The highest BCUT2D eigenvalue weighted by atomic mass is 79.9. The highest BCUT2D eigenvalue weighted by Gasteiger charge is 2.30. The summed E-state index contributed by atoms with van der Waals surface area (Å²) in [5, 5.41) is 0.0283. The number of rotatable bonds is 3. The van der Waals surface area contributed by atoms with E-state index in [2.05, 4.69) is 22.9 Å². The maximum Gasteiger partial charge on any atom is 0.143 e. The van der Waals surface area contributed by atoms with E-state index in [0.29, 0.717) is 16.8 Å². The summed E-state index contributed by atoms with van der Waals surface area (Å²) in [4.78, 5) is 0. The zero-order valence-corrected chi connectivity index (χ0v) is 13.3. The Hall–Kier alpha value is -0.150. The standard InChI is InChI=1S/C15H18BrClF2/c1-2-9-3-5-13(17)10(7-9)8-11-14(18)6-4-12(16)15(11)19/h4,6,9-10,13H,2-3,5,7-8H2,1H3. The molecule has 1 aromatic rings. The Morgan fingerprint density at radius 1 is 1.32 bits per heavy atom. The van der Waals surface area contributed by atoms with Crippen molar-refractivity contribution in [3.63, 3.8) is 0 Å². The van der Waals surface area contributed by atoms with E-state index in [0.717, 1.165) is 25.7 Å². The van der Waals surface area contributed by atoms with E-state index in [4.69, 9.17) is 11.6 Å². The van der Waals surface area contributed by atoms with Crippen molar-refractivity contribution >= 4 is 27.5 Å². The Labute approximate surface area is 126 Å². The van der Waals surface area contributed by atoms with E-state index in [1.165, 1.54) is 12.1 Å². The van der Waals surface area contributed by atoms with Gasteiger partial charge in [0.25, 0.3) is 0 Å². The van der Waals surface area contributed by atoms with Crippen LogP contribution in [0.2, 0.25) is 0 Å². The van der Waals surface area contributed by atoms with Crippen LogP contribution in [0.25, 0.3) is 0 Å². The van der Waals surface area contributed by atoms with Gasteiger partial charge >= 0.3 is 0 Å². The average molecular weight is 352 g/mol. The van der Waals surface area contributed by atoms with Gasteiger partial charge in [0.05, 0.1) is 4.47 Å². The van der Waals surface area contributed by atoms with Crippen molar-refractivity contribution in [3.8, 4) is 0 Å². The summed E-state index contributed by atoms with van der Waals surface area (Å²) in [7, 11) is 0. The topological polar surface area (TPSA) is 0 Å². The fraction of sp³-hybridized carbons (Fsp3) is 0.600. The first-order valence-electron chi connectivity index (χ1n) is 6.79. The number of hydrogen-bond acceptors (Lipinski definition) is 0. The van der Waals surface area contributed by atoms with E-state index in [1.807, 2.05) is 0 Å². The van der Waals surface area contributed by atoms with Gasteiger partial charge in [-0.05, 0) is 65.6 Å². The van der Waals surface area contributed by atoms with E-state index in [1.54, 1.807) is 0 Å². The van der Waals surface area contributed by atoms with Crippen molar-refractivity contribution in [2.24, 2.45) is 11.8 Å². The highest BCUT2D eigenvalue weighted by Crippen LogP contribution is 2.37. The van der Waals surface area contributed by atoms with Gasteiger partial charge in [-0.25, -0.2) is 8.78 Å². The molecule has 106 valence electrons. The third-order valence-electron chi connectivity index (χ3n) is 4.18. The van der Waals surface area contributed by atoms with Gasteiger partial charge in [-0.3, -0.25) is 0 Å². The molecule has 0 N–H and O–H groups in total. The van der Waals surface area contributed by atoms with Crippen molar-refractivity contribution in [1.82, 2.24) is 0 Å². The van der Waals surface area contributed by atoms with E-state index in [-0.39, 0.29) is 16.9 Å². The van der Waals surface area contributed by atoms with Crippen molar-refractivity contribution < 1.29 is 8.78 Å². The summed E-state index contributed by atoms with van der Waals surface area (Å²) in [6.07, 6.45) is 4.55. The van der Waals surface area contributed by atoms with Crippen LogP contribution in [0.5, 0.6) is 0 Å². The lowest BCUT2D eigenvalue weighted by Crippen LogP contribution is -2.27. The molecule has 2 rings (SSSR count). The largest absolute Gasteiger partial charge is 0.207 e. The second-order valence-corrected chi connectivity index (χ2v) is 6.80. The first-order chi connectivity index (χ1) is 9.02. The molecule has 0 amide bonds. The van der Waals surface area contributed by atoms with Crippen LogP contribution >= 0.6 is 27.5 Å². The van der Waals surface area contributed by atoms with Gasteiger partial charge in [-0.15, -0.1) is 11.6 Å². The molecule has 0 aromatic heterocycles. The summed E-state index contributed by atoms with van der Waals surface area (Å²) in [5.41, 5.74) is 0.168. The number of benzene rings is 1. The quantitative estimate of drug-likeness (QED) is 0.484. The molecule has 0 spiro atoms. The van der Waals surface area contributed by atoms with Crippen molar-refractivity contribution in [2.75, 3.05) is 0 Å². The minimum absolute atomic E-state index is 0.0283. The van der Waals surface area contributed by atoms with Crippen LogP contribution in [0.3, 0.4) is 0 Å². The van der Waals surface area contributed by atoms with E-state index < -0.39 is 11.6 Å². The first-order valence-corrected chi connectivity index (χ1v) is 8.02. The Morgan fingerprint density at radius 3 is 2.74 bits per heavy atom. The molecule has 1 aliphatic carbocycles. The third kappa shape index (κ3) is 3.49. The summed E-state index contributed by atoms with van der Waals surface area (Å²) < 4.78 is 28.1. The predicted molar refractivity (Wildman–Crippen MR) is 78.5 cm³/mol. The fourth-order valence-corrected chi connectivity index (χ4v) is 3.61. The molecule has 3 atom stereocenters. The highest BCUT2D eigenvalue weighted by molar-refractivity contribution is 9.10. The normalized spacial score (nSPS) is 27.5. The molecule has 1 aliphatic rings. The minimum atomic E-state index is -0.484. The smallest absolute Gasteiger partial charge is 0.143 e. The maximum atomic E-state index is 14.0. The number of halogens is 4. The lowest BCUT2D eigenvalue weighted by Gasteiger charge is -2.32. The van der Waals surface area contributed by atoms with Crippen LogP contribution in [0.1, 0.15) is 38.2 Å². The second kappa shape index (κ2) is 6.53. The molecule has 1 fully saturated rings. The van der Waals surface area contributed by atoms with Gasteiger partial charge in [-0.2, -0.15) is 0 Å². The number of hydrogen-bond donors (Lipinski definition) is 0. The van der Waals surface area contributed by atoms with E-state index >= 15 is 0 Å². The number of alkyl halides is 1. The third-order valence-corrected chi connectivity index (χ3v) is 5.37. The Kier molecular flexibility index (Phi) is 5.24. The summed E-state index contributed by atoms with van der Waals surface area (Å²) in [6.45, 7) is 2.16. The van der Waals surface area contributed by atoms with Crippen molar-refractivity contribution in [3.05, 3.63) is 33.8 Å². The maximum absolute atomic E-state index is 14.0. The summed E-state index contributed by atoms with van der Waals surface area (Å²) >= 11 is 9.45. The average Bonchev–Trinajstić information content (AvgIpc) is 2.41. The van der Waals surface area contributed by atoms with Gasteiger partial charge in [0.1, 0.15) is 11.6 Å². The fourth-order valence-electron chi connectivity index (χ4n) is 2.92. The molecule has 1 saturated carbocycles. The molecule has 1 aromatic carbocycles. The molecule has 0 aliphatic heterocycles. The van der Waals surface area contributed by atoms with Gasteiger partial charge < -0.3 is 0 Å². The van der Waals surface area contributed by atoms with Gasteiger partial charge in [-0.1, -0.05) is 13.3 Å². The SMILES string of the molecule is CCC1CCC(Cl)C(Cc2c(F)ccc(Br)c2F)C1. The zero-order valence-electron chi connectivity index (χ0n) is 10.9. The predicted octanol–water partition coefficient (Wildman–Crippen LogP) is 5.70. The lowest BCUT2D eigenvalue weighted by molar-refractivity contribution is 0.261. The molecule has 0 saturated heterocycles. The van der Waals surface area contributed by atoms with Crippen LogP contribution in [0, 0.1) is 23.5 Å². The van der Waals surface area contributed by atoms with Crippen molar-refractivity contribution in [1.29, 1.82) is 0 Å². The van der Waals surface area contributed by atoms with Crippen LogP contribution in [0.4, 0.5) is 8.78 Å². The van der Waals surface area contributed by atoms with Crippen LogP contribution in [-0.4, -0.2) is 5.38 Å². The molecule has 4 heteroatoms. The Morgan fingerprint density at radius 2 is 2.05 bits per heavy atom. The molecule has 3 unspecified atom stereocenters. The molecule has 0 heterocycles. The Bertz CT molecular complexity index is 450. The molecule has 0 nitrogen and oxygen atoms in total. The summed E-state index contributed by atoms with van der Waals surface area (Å²) in [6, 6.07) is 2.72. The minimum Gasteiger partial charge on any atom is -0.207 e. The first kappa shape index (κ1) is 15.2. The molecular formula is C15H18BrClF2. The molecule has 0 bridgehead atoms. The van der Waals surface area contributed by atoms with Crippen LogP contribution < -0.4 is 0 Å². The summed E-state index contributed by atoms with van der Waals surface area (Å²) in [5.74, 6) is -0.150. The Balaban J connectivity index is 2.18. The van der Waals surface area contributed by atoms with Gasteiger partial charge in [0.15, 0.2) is 0 Å². The van der Waals surface area contributed by atoms with Crippen LogP contribution in [-0.2, 0) is 6.42 Å². The molecular weight excluding hydrogens is 334 g/mol. The lowest BCUT2D eigenvalue weighted by atomic mass is 9.77. The van der Waals surface area contributed by atoms with E-state index in [9.17, 15) is 8.78 Å². The molecule has 0 radical (unpaired) electrons. The monoisotopic (exact) mass is 350 g/mol. The molecule has 19 heavy (non-hydrogen) atoms. The second-order valence-electron chi connectivity index (χ2n) is 5.39. The zero-order chi connectivity index (χ0) is 14.0. The van der Waals surface area contributed by atoms with Gasteiger partial charge in [0, 0.05) is 10.9 Å². The van der Waals surface area contributed by atoms with Crippen LogP contribution in [0.15, 0.2) is 16.6 Å².